The molecule has 0 N–H and O–H groups in total. The molecular formula is C20H32N4OS. The van der Waals surface area contributed by atoms with Gasteiger partial charge in [0.1, 0.15) is 5.75 Å². The first kappa shape index (κ1) is 20.8. The van der Waals surface area contributed by atoms with E-state index in [1.54, 1.807) is 11.8 Å². The van der Waals surface area contributed by atoms with Crippen molar-refractivity contribution in [3.05, 3.63) is 35.7 Å². The van der Waals surface area contributed by atoms with E-state index in [-0.39, 0.29) is 0 Å². The zero-order valence-corrected chi connectivity index (χ0v) is 17.6. The van der Waals surface area contributed by atoms with Gasteiger partial charge >= 0.3 is 0 Å². The molecule has 0 saturated heterocycles. The van der Waals surface area contributed by atoms with Gasteiger partial charge < -0.3 is 9.30 Å². The van der Waals surface area contributed by atoms with E-state index in [1.807, 2.05) is 19.1 Å². The molecule has 0 spiro atoms. The molecule has 0 bridgehead atoms. The Morgan fingerprint density at radius 2 is 1.92 bits per heavy atom. The van der Waals surface area contributed by atoms with E-state index in [4.69, 9.17) is 4.74 Å². The van der Waals surface area contributed by atoms with Crippen LogP contribution < -0.4 is 4.74 Å². The lowest BCUT2D eigenvalue weighted by molar-refractivity contribution is 0.270. The highest BCUT2D eigenvalue weighted by atomic mass is 32.2. The van der Waals surface area contributed by atoms with Crippen LogP contribution in [0.15, 0.2) is 29.4 Å². The van der Waals surface area contributed by atoms with Crippen molar-refractivity contribution in [1.82, 2.24) is 19.7 Å². The summed E-state index contributed by atoms with van der Waals surface area (Å²) in [6.07, 6.45) is 3.32. The third-order valence-corrected chi connectivity index (χ3v) is 5.43. The molecule has 2 rings (SSSR count). The first-order valence-electron chi connectivity index (χ1n) is 9.55. The van der Waals surface area contributed by atoms with E-state index in [0.29, 0.717) is 12.6 Å². The monoisotopic (exact) mass is 376 g/mol. The summed E-state index contributed by atoms with van der Waals surface area (Å²) in [6, 6.07) is 8.53. The molecule has 5 nitrogen and oxygen atoms in total. The normalized spacial score (nSPS) is 12.5. The quantitative estimate of drug-likeness (QED) is 0.528. The summed E-state index contributed by atoms with van der Waals surface area (Å²) in [6.45, 7) is 8.09. The molecule has 1 heterocycles. The Kier molecular flexibility index (Phi) is 8.45. The number of para-hydroxylation sites is 1. The van der Waals surface area contributed by atoms with E-state index in [1.165, 1.54) is 5.56 Å². The van der Waals surface area contributed by atoms with Gasteiger partial charge in [0.2, 0.25) is 0 Å². The lowest BCUT2D eigenvalue weighted by Crippen LogP contribution is -2.23. The first-order chi connectivity index (χ1) is 12.6. The lowest BCUT2D eigenvalue weighted by Gasteiger charge is -2.23. The number of benzene rings is 1. The van der Waals surface area contributed by atoms with Gasteiger partial charge in [-0.1, -0.05) is 50.2 Å². The van der Waals surface area contributed by atoms with E-state index in [0.717, 1.165) is 48.3 Å². The predicted molar refractivity (Wildman–Crippen MR) is 109 cm³/mol. The topological polar surface area (TPSA) is 43.2 Å². The molecule has 1 unspecified atom stereocenters. The van der Waals surface area contributed by atoms with Crippen molar-refractivity contribution in [2.75, 3.05) is 20.7 Å². The number of ether oxygens (including phenoxy) is 1. The SMILES string of the molecule is CCCCn1c(SCc2ccccc2OCC)nnc1C(CC)N(C)C. The average molecular weight is 377 g/mol. The molecule has 1 aromatic carbocycles. The highest BCUT2D eigenvalue weighted by Crippen LogP contribution is 2.30. The minimum Gasteiger partial charge on any atom is -0.494 e. The molecule has 26 heavy (non-hydrogen) atoms. The molecule has 0 amide bonds. The van der Waals surface area contributed by atoms with Crippen LogP contribution in [0.5, 0.6) is 5.75 Å². The molecule has 6 heteroatoms. The van der Waals surface area contributed by atoms with Crippen LogP contribution in [0.1, 0.15) is 57.5 Å². The van der Waals surface area contributed by atoms with Crippen LogP contribution in [0.3, 0.4) is 0 Å². The minimum absolute atomic E-state index is 0.296. The number of aromatic nitrogens is 3. The second kappa shape index (κ2) is 10.6. The van der Waals surface area contributed by atoms with Gasteiger partial charge in [0, 0.05) is 17.9 Å². The summed E-state index contributed by atoms with van der Waals surface area (Å²) < 4.78 is 8.06. The van der Waals surface area contributed by atoms with Crippen molar-refractivity contribution in [3.8, 4) is 5.75 Å². The van der Waals surface area contributed by atoms with Crippen LogP contribution in [0.4, 0.5) is 0 Å². The summed E-state index contributed by atoms with van der Waals surface area (Å²) in [4.78, 5) is 2.23. The smallest absolute Gasteiger partial charge is 0.191 e. The van der Waals surface area contributed by atoms with E-state index < -0.39 is 0 Å². The fourth-order valence-electron chi connectivity index (χ4n) is 3.02. The maximum atomic E-state index is 5.75. The third-order valence-electron chi connectivity index (χ3n) is 4.42. The Labute approximate surface area is 162 Å². The van der Waals surface area contributed by atoms with Crippen LogP contribution in [0, 0.1) is 0 Å². The fourth-order valence-corrected chi connectivity index (χ4v) is 3.98. The van der Waals surface area contributed by atoms with Crippen molar-refractivity contribution in [3.63, 3.8) is 0 Å². The molecule has 1 atom stereocenters. The van der Waals surface area contributed by atoms with Gasteiger partial charge in [0.15, 0.2) is 11.0 Å². The molecule has 2 aromatic rings. The standard InChI is InChI=1S/C20H32N4OS/c1-6-9-14-24-19(17(7-2)23(4)5)21-22-20(24)26-15-16-12-10-11-13-18(16)25-8-3/h10-13,17H,6-9,14-15H2,1-5H3. The Morgan fingerprint density at radius 1 is 1.15 bits per heavy atom. The van der Waals surface area contributed by atoms with Crippen molar-refractivity contribution in [1.29, 1.82) is 0 Å². The second-order valence-corrected chi connectivity index (χ2v) is 7.51. The van der Waals surface area contributed by atoms with Gasteiger partial charge in [-0.25, -0.2) is 0 Å². The van der Waals surface area contributed by atoms with Gasteiger partial charge in [0.25, 0.3) is 0 Å². The van der Waals surface area contributed by atoms with Crippen molar-refractivity contribution in [2.24, 2.45) is 0 Å². The van der Waals surface area contributed by atoms with Crippen LogP contribution in [-0.2, 0) is 12.3 Å². The molecule has 0 aliphatic rings. The van der Waals surface area contributed by atoms with E-state index >= 15 is 0 Å². The van der Waals surface area contributed by atoms with Crippen molar-refractivity contribution < 1.29 is 4.74 Å². The largest absolute Gasteiger partial charge is 0.494 e. The Hall–Kier alpha value is -1.53. The van der Waals surface area contributed by atoms with Crippen molar-refractivity contribution in [2.45, 2.75) is 63.5 Å². The first-order valence-corrected chi connectivity index (χ1v) is 10.5. The van der Waals surface area contributed by atoms with E-state index in [9.17, 15) is 0 Å². The number of hydrogen-bond acceptors (Lipinski definition) is 5. The molecule has 0 radical (unpaired) electrons. The molecule has 144 valence electrons. The zero-order valence-electron chi connectivity index (χ0n) is 16.7. The predicted octanol–water partition coefficient (Wildman–Crippen LogP) is 4.78. The summed E-state index contributed by atoms with van der Waals surface area (Å²) in [5.41, 5.74) is 1.20. The third kappa shape index (κ3) is 5.24. The summed E-state index contributed by atoms with van der Waals surface area (Å²) in [5.74, 6) is 2.87. The molecule has 1 aromatic heterocycles. The van der Waals surface area contributed by atoms with Gasteiger partial charge in [-0.2, -0.15) is 0 Å². The van der Waals surface area contributed by atoms with Crippen LogP contribution >= 0.6 is 11.8 Å². The highest BCUT2D eigenvalue weighted by Gasteiger charge is 2.22. The fraction of sp³-hybridized carbons (Fsp3) is 0.600. The number of unbranched alkanes of at least 4 members (excludes halogenated alkanes) is 1. The minimum atomic E-state index is 0.296. The van der Waals surface area contributed by atoms with Crippen LogP contribution in [-0.4, -0.2) is 40.4 Å². The number of nitrogens with zero attached hydrogens (tertiary/aromatic N) is 4. The Morgan fingerprint density at radius 3 is 2.58 bits per heavy atom. The summed E-state index contributed by atoms with van der Waals surface area (Å²) >= 11 is 1.74. The molecule has 0 aliphatic carbocycles. The molecule has 0 fully saturated rings. The number of rotatable bonds is 11. The molecule has 0 saturated carbocycles. The highest BCUT2D eigenvalue weighted by molar-refractivity contribution is 7.98. The Balaban J connectivity index is 2.22. The molecular weight excluding hydrogens is 344 g/mol. The van der Waals surface area contributed by atoms with Crippen LogP contribution in [0.25, 0.3) is 0 Å². The van der Waals surface area contributed by atoms with Crippen molar-refractivity contribution >= 4 is 11.8 Å². The van der Waals surface area contributed by atoms with E-state index in [2.05, 4.69) is 59.7 Å². The van der Waals surface area contributed by atoms with Gasteiger partial charge in [0.05, 0.1) is 12.6 Å². The van der Waals surface area contributed by atoms with Gasteiger partial charge in [-0.15, -0.1) is 10.2 Å². The number of hydrogen-bond donors (Lipinski definition) is 0. The lowest BCUT2D eigenvalue weighted by atomic mass is 10.2. The second-order valence-electron chi connectivity index (χ2n) is 6.56. The van der Waals surface area contributed by atoms with Gasteiger partial charge in [-0.05, 0) is 39.9 Å². The number of thioether (sulfide) groups is 1. The van der Waals surface area contributed by atoms with Crippen LogP contribution in [0.2, 0.25) is 0 Å². The molecule has 0 aliphatic heterocycles. The average Bonchev–Trinajstić information content (AvgIpc) is 3.02. The van der Waals surface area contributed by atoms with Gasteiger partial charge in [-0.3, -0.25) is 4.90 Å². The summed E-state index contributed by atoms with van der Waals surface area (Å²) in [5, 5.41) is 10.1. The maximum absolute atomic E-state index is 5.75. The maximum Gasteiger partial charge on any atom is 0.191 e. The summed E-state index contributed by atoms with van der Waals surface area (Å²) in [7, 11) is 4.22. The zero-order chi connectivity index (χ0) is 18.9. The Bertz CT molecular complexity index is 672.